The summed E-state index contributed by atoms with van der Waals surface area (Å²) in [6.07, 6.45) is 2.38. The fraction of sp³-hybridized carbons (Fsp3) is 0.355. The first-order valence-corrected chi connectivity index (χ1v) is 13.5. The average Bonchev–Trinajstić information content (AvgIpc) is 2.96. The van der Waals surface area contributed by atoms with Crippen molar-refractivity contribution in [3.05, 3.63) is 76.5 Å². The molecule has 1 aromatic heterocycles. The Kier molecular flexibility index (Phi) is 7.94. The fourth-order valence-electron chi connectivity index (χ4n) is 5.86. The Labute approximate surface area is 233 Å². The van der Waals surface area contributed by atoms with Crippen molar-refractivity contribution in [2.45, 2.75) is 51.8 Å². The summed E-state index contributed by atoms with van der Waals surface area (Å²) in [5.74, 6) is -0.912. The first-order chi connectivity index (χ1) is 19.3. The Bertz CT molecular complexity index is 1520. The van der Waals surface area contributed by atoms with E-state index < -0.39 is 30.0 Å². The SMILES string of the molecule is Cc1cc(O[C@@H]2CN[C@H](C(=O)C3CC(c4cc(C)c(C#N)c(C)c4)=CCN3)[C@@H](C(=O)NO)C2)c2ccccc2n1. The molecule has 1 fully saturated rings. The Morgan fingerprint density at radius 3 is 2.60 bits per heavy atom. The third-order valence-electron chi connectivity index (χ3n) is 7.83. The molecule has 0 bridgehead atoms. The Morgan fingerprint density at radius 1 is 1.12 bits per heavy atom. The molecule has 9 nitrogen and oxygen atoms in total. The predicted octanol–water partition coefficient (Wildman–Crippen LogP) is 3.28. The zero-order valence-electron chi connectivity index (χ0n) is 22.8. The number of aryl methyl sites for hydroxylation is 3. The van der Waals surface area contributed by atoms with Crippen LogP contribution in [0.4, 0.5) is 0 Å². The third kappa shape index (κ3) is 5.47. The normalized spacial score (nSPS) is 22.7. The number of nitrogens with zero attached hydrogens (tertiary/aromatic N) is 2. The van der Waals surface area contributed by atoms with E-state index in [1.54, 1.807) is 5.48 Å². The van der Waals surface area contributed by atoms with Crippen LogP contribution in [0.5, 0.6) is 5.75 Å². The van der Waals surface area contributed by atoms with Gasteiger partial charge in [0.2, 0.25) is 5.91 Å². The summed E-state index contributed by atoms with van der Waals surface area (Å²) in [5, 5.41) is 26.3. The molecule has 1 amide bonds. The second-order valence-electron chi connectivity index (χ2n) is 10.6. The first-order valence-electron chi connectivity index (χ1n) is 13.5. The highest BCUT2D eigenvalue weighted by Crippen LogP contribution is 2.31. The molecule has 5 rings (SSSR count). The number of carbonyl (C=O) groups is 2. The highest BCUT2D eigenvalue weighted by molar-refractivity contribution is 5.96. The van der Waals surface area contributed by atoms with Gasteiger partial charge in [-0.15, -0.1) is 0 Å². The number of pyridine rings is 1. The van der Waals surface area contributed by atoms with Crippen molar-refractivity contribution in [2.75, 3.05) is 13.1 Å². The Morgan fingerprint density at radius 2 is 1.88 bits per heavy atom. The van der Waals surface area contributed by atoms with E-state index in [4.69, 9.17) is 4.74 Å². The molecular formula is C31H33N5O4. The molecule has 0 saturated carbocycles. The van der Waals surface area contributed by atoms with Crippen LogP contribution in [-0.4, -0.2) is 53.2 Å². The van der Waals surface area contributed by atoms with E-state index in [0.29, 0.717) is 30.8 Å². The van der Waals surface area contributed by atoms with Gasteiger partial charge in [-0.05, 0) is 68.0 Å². The molecule has 3 heterocycles. The van der Waals surface area contributed by atoms with E-state index in [2.05, 4.69) is 27.8 Å². The van der Waals surface area contributed by atoms with Crippen LogP contribution in [0.1, 0.15) is 40.8 Å². The van der Waals surface area contributed by atoms with E-state index >= 15 is 0 Å². The van der Waals surface area contributed by atoms with Crippen LogP contribution in [0, 0.1) is 38.0 Å². The molecule has 2 aliphatic rings. The van der Waals surface area contributed by atoms with Gasteiger partial charge in [0.05, 0.1) is 35.2 Å². The number of hydrogen-bond donors (Lipinski definition) is 4. The van der Waals surface area contributed by atoms with Crippen LogP contribution in [0.15, 0.2) is 48.5 Å². The van der Waals surface area contributed by atoms with Gasteiger partial charge in [-0.2, -0.15) is 5.26 Å². The molecular weight excluding hydrogens is 506 g/mol. The van der Waals surface area contributed by atoms with Crippen molar-refractivity contribution >= 4 is 28.2 Å². The summed E-state index contributed by atoms with van der Waals surface area (Å²) >= 11 is 0. The lowest BCUT2D eigenvalue weighted by Crippen LogP contribution is -2.60. The number of benzene rings is 2. The summed E-state index contributed by atoms with van der Waals surface area (Å²) in [6.45, 7) is 6.60. The monoisotopic (exact) mass is 539 g/mol. The molecule has 9 heteroatoms. The summed E-state index contributed by atoms with van der Waals surface area (Å²) in [7, 11) is 0. The molecule has 0 spiro atoms. The average molecular weight is 540 g/mol. The minimum Gasteiger partial charge on any atom is -0.488 e. The van der Waals surface area contributed by atoms with Gasteiger partial charge in [-0.3, -0.25) is 19.8 Å². The summed E-state index contributed by atoms with van der Waals surface area (Å²) < 4.78 is 6.34. The summed E-state index contributed by atoms with van der Waals surface area (Å²) in [6, 6.07) is 14.5. The van der Waals surface area contributed by atoms with Crippen molar-refractivity contribution in [3.8, 4) is 11.8 Å². The topological polar surface area (TPSA) is 136 Å². The Balaban J connectivity index is 1.33. The summed E-state index contributed by atoms with van der Waals surface area (Å²) in [5.41, 5.74) is 7.86. The molecule has 2 aliphatic heterocycles. The van der Waals surface area contributed by atoms with Crippen LogP contribution in [0.25, 0.3) is 16.5 Å². The Hall–Kier alpha value is -4.10. The number of amides is 1. The molecule has 3 aromatic rings. The van der Waals surface area contributed by atoms with E-state index in [1.165, 1.54) is 0 Å². The number of ether oxygens (including phenoxy) is 1. The molecule has 0 aliphatic carbocycles. The van der Waals surface area contributed by atoms with Crippen molar-refractivity contribution in [3.63, 3.8) is 0 Å². The number of nitriles is 1. The molecule has 0 radical (unpaired) electrons. The van der Waals surface area contributed by atoms with Crippen LogP contribution in [0.2, 0.25) is 0 Å². The van der Waals surface area contributed by atoms with Crippen molar-refractivity contribution < 1.29 is 19.5 Å². The maximum atomic E-state index is 13.8. The number of Topliss-reactive ketones (excluding diaryl/α,β-unsaturated/α-hetero) is 1. The molecule has 2 aromatic carbocycles. The molecule has 206 valence electrons. The first kappa shape index (κ1) is 27.5. The number of piperidine rings is 1. The standard InChI is InChI=1S/C31H33N5O4/c1-17-10-21(11-18(2)25(17)15-32)20-8-9-33-27(13-20)30(37)29-24(31(38)36-39)14-22(16-34-29)40-28-12-19(3)35-26-7-5-4-6-23(26)28/h4-8,10-12,22,24,27,29,33-34,39H,9,13-14,16H2,1-3H3,(H,36,38)/t22-,24-,27?,29-/m0/s1. The maximum Gasteiger partial charge on any atom is 0.248 e. The lowest BCUT2D eigenvalue weighted by Gasteiger charge is -2.37. The maximum absolute atomic E-state index is 13.8. The number of fused-ring (bicyclic) bond motifs is 1. The number of aromatic nitrogens is 1. The second-order valence-corrected chi connectivity index (χ2v) is 10.6. The second kappa shape index (κ2) is 11.6. The fourth-order valence-corrected chi connectivity index (χ4v) is 5.86. The van der Waals surface area contributed by atoms with Gasteiger partial charge in [-0.25, -0.2) is 5.48 Å². The number of nitrogens with one attached hydrogen (secondary N) is 3. The van der Waals surface area contributed by atoms with Gasteiger partial charge < -0.3 is 15.4 Å². The van der Waals surface area contributed by atoms with Gasteiger partial charge in [0.15, 0.2) is 5.78 Å². The van der Waals surface area contributed by atoms with Crippen LogP contribution in [0.3, 0.4) is 0 Å². The zero-order valence-corrected chi connectivity index (χ0v) is 22.8. The van der Waals surface area contributed by atoms with Crippen LogP contribution in [-0.2, 0) is 9.59 Å². The molecule has 1 unspecified atom stereocenters. The summed E-state index contributed by atoms with van der Waals surface area (Å²) in [4.78, 5) is 31.1. The lowest BCUT2D eigenvalue weighted by atomic mass is 9.81. The number of para-hydroxylation sites is 1. The van der Waals surface area contributed by atoms with Crippen LogP contribution < -0.4 is 20.9 Å². The molecule has 4 N–H and O–H groups in total. The minimum atomic E-state index is -0.819. The largest absolute Gasteiger partial charge is 0.488 e. The van der Waals surface area contributed by atoms with E-state index in [9.17, 15) is 20.1 Å². The third-order valence-corrected chi connectivity index (χ3v) is 7.83. The number of carbonyl (C=O) groups excluding carboxylic acids is 2. The van der Waals surface area contributed by atoms with E-state index in [1.807, 2.05) is 63.2 Å². The lowest BCUT2D eigenvalue weighted by molar-refractivity contribution is -0.140. The smallest absolute Gasteiger partial charge is 0.248 e. The van der Waals surface area contributed by atoms with E-state index in [0.717, 1.165) is 38.9 Å². The number of rotatable bonds is 6. The quantitative estimate of drug-likeness (QED) is 0.277. The van der Waals surface area contributed by atoms with E-state index in [-0.39, 0.29) is 12.2 Å². The number of hydrogen-bond acceptors (Lipinski definition) is 8. The van der Waals surface area contributed by atoms with Gasteiger partial charge in [-0.1, -0.05) is 30.3 Å². The van der Waals surface area contributed by atoms with Gasteiger partial charge in [0, 0.05) is 30.2 Å². The van der Waals surface area contributed by atoms with Crippen molar-refractivity contribution in [1.82, 2.24) is 21.1 Å². The number of hydroxylamine groups is 1. The van der Waals surface area contributed by atoms with Gasteiger partial charge >= 0.3 is 0 Å². The predicted molar refractivity (Wildman–Crippen MR) is 151 cm³/mol. The zero-order chi connectivity index (χ0) is 28.4. The van der Waals surface area contributed by atoms with Crippen LogP contribution >= 0.6 is 0 Å². The van der Waals surface area contributed by atoms with Crippen molar-refractivity contribution in [1.29, 1.82) is 5.26 Å². The molecule has 40 heavy (non-hydrogen) atoms. The highest BCUT2D eigenvalue weighted by atomic mass is 16.5. The van der Waals surface area contributed by atoms with Gasteiger partial charge in [0.1, 0.15) is 11.9 Å². The highest BCUT2D eigenvalue weighted by Gasteiger charge is 2.42. The van der Waals surface area contributed by atoms with Crippen molar-refractivity contribution in [2.24, 2.45) is 5.92 Å². The van der Waals surface area contributed by atoms with Gasteiger partial charge in [0.25, 0.3) is 0 Å². The molecule has 1 saturated heterocycles. The minimum absolute atomic E-state index is 0.134. The number of ketones is 1. The molecule has 4 atom stereocenters.